The third-order valence-electron chi connectivity index (χ3n) is 3.55. The highest BCUT2D eigenvalue weighted by molar-refractivity contribution is 5.97. The number of rotatable bonds is 4. The van der Waals surface area contributed by atoms with Gasteiger partial charge in [-0.15, -0.1) is 12.4 Å². The molecule has 1 saturated heterocycles. The summed E-state index contributed by atoms with van der Waals surface area (Å²) in [6.07, 6.45) is 3.18. The van der Waals surface area contributed by atoms with Crippen molar-refractivity contribution in [2.45, 2.75) is 52.0 Å². The van der Waals surface area contributed by atoms with Crippen LogP contribution in [0.3, 0.4) is 0 Å². The van der Waals surface area contributed by atoms with E-state index in [1.807, 2.05) is 13.8 Å². The molecule has 1 aromatic rings. The Morgan fingerprint density at radius 2 is 1.96 bits per heavy atom. The molecule has 1 aromatic heterocycles. The van der Waals surface area contributed by atoms with E-state index in [0.29, 0.717) is 18.8 Å². The van der Waals surface area contributed by atoms with Gasteiger partial charge in [-0.25, -0.2) is 0 Å². The van der Waals surface area contributed by atoms with Gasteiger partial charge in [0.25, 0.3) is 0 Å². The van der Waals surface area contributed by atoms with E-state index in [9.17, 15) is 9.59 Å². The van der Waals surface area contributed by atoms with Crippen LogP contribution in [0.1, 0.15) is 27.7 Å². The van der Waals surface area contributed by atoms with Crippen molar-refractivity contribution in [1.82, 2.24) is 14.7 Å². The maximum atomic E-state index is 12.4. The summed E-state index contributed by atoms with van der Waals surface area (Å²) in [5.41, 5.74) is 5.27. The molecule has 2 heterocycles. The van der Waals surface area contributed by atoms with Gasteiger partial charge in [0.1, 0.15) is 6.54 Å². The molecule has 9 heteroatoms. The summed E-state index contributed by atoms with van der Waals surface area (Å²) >= 11 is 0. The highest BCUT2D eigenvalue weighted by atomic mass is 35.5. The Morgan fingerprint density at radius 1 is 1.38 bits per heavy atom. The molecule has 0 bridgehead atoms. The highest BCUT2D eigenvalue weighted by Crippen LogP contribution is 2.12. The average Bonchev–Trinajstić information content (AvgIpc) is 2.83. The topological polar surface area (TPSA) is 102 Å². The molecule has 2 amide bonds. The lowest BCUT2D eigenvalue weighted by atomic mass is 10.1. The zero-order valence-electron chi connectivity index (χ0n) is 14.5. The van der Waals surface area contributed by atoms with Gasteiger partial charge < -0.3 is 20.7 Å². The van der Waals surface area contributed by atoms with E-state index < -0.39 is 5.54 Å². The molecule has 3 N–H and O–H groups in total. The largest absolute Gasteiger partial charge is 0.372 e. The van der Waals surface area contributed by atoms with Gasteiger partial charge in [-0.3, -0.25) is 14.3 Å². The first-order valence-corrected chi connectivity index (χ1v) is 7.71. The second kappa shape index (κ2) is 7.96. The van der Waals surface area contributed by atoms with Crippen LogP contribution in [0, 0.1) is 0 Å². The summed E-state index contributed by atoms with van der Waals surface area (Å²) in [4.78, 5) is 26.0. The maximum absolute atomic E-state index is 12.4. The first-order chi connectivity index (χ1) is 10.6. The molecule has 0 aromatic carbocycles. The Balaban J connectivity index is 0.00000288. The summed E-state index contributed by atoms with van der Waals surface area (Å²) in [5.74, 6) is -0.327. The first-order valence-electron chi connectivity index (χ1n) is 7.71. The van der Waals surface area contributed by atoms with Crippen molar-refractivity contribution in [3.63, 3.8) is 0 Å². The summed E-state index contributed by atoms with van der Waals surface area (Å²) < 4.78 is 7.13. The van der Waals surface area contributed by atoms with Crippen molar-refractivity contribution in [1.29, 1.82) is 0 Å². The number of aromatic nitrogens is 2. The van der Waals surface area contributed by atoms with Crippen molar-refractivity contribution < 1.29 is 14.3 Å². The third-order valence-corrected chi connectivity index (χ3v) is 3.55. The molecule has 24 heavy (non-hydrogen) atoms. The fraction of sp³-hybridized carbons (Fsp3) is 0.667. The number of morpholine rings is 1. The predicted octanol–water partition coefficient (Wildman–Crippen LogP) is 0.617. The van der Waals surface area contributed by atoms with E-state index in [4.69, 9.17) is 10.5 Å². The lowest BCUT2D eigenvalue weighted by Gasteiger charge is -2.35. The van der Waals surface area contributed by atoms with E-state index in [1.54, 1.807) is 24.9 Å². The quantitative estimate of drug-likeness (QED) is 0.820. The Labute approximate surface area is 148 Å². The third kappa shape index (κ3) is 5.47. The Kier molecular flexibility index (Phi) is 6.76. The van der Waals surface area contributed by atoms with Crippen molar-refractivity contribution in [3.8, 4) is 0 Å². The number of hydrogen-bond donors (Lipinski definition) is 2. The van der Waals surface area contributed by atoms with Crippen LogP contribution >= 0.6 is 12.4 Å². The second-order valence-corrected chi connectivity index (χ2v) is 6.66. The van der Waals surface area contributed by atoms with E-state index in [2.05, 4.69) is 10.4 Å². The molecule has 0 saturated carbocycles. The van der Waals surface area contributed by atoms with Crippen LogP contribution in [0.25, 0.3) is 0 Å². The molecule has 2 unspecified atom stereocenters. The van der Waals surface area contributed by atoms with Crippen molar-refractivity contribution >= 4 is 29.9 Å². The molecular formula is C15H26ClN5O3. The fourth-order valence-electron chi connectivity index (χ4n) is 2.43. The fourth-order valence-corrected chi connectivity index (χ4v) is 2.43. The molecule has 2 rings (SSSR count). The number of halogens is 1. The summed E-state index contributed by atoms with van der Waals surface area (Å²) in [6, 6.07) is 0. The minimum Gasteiger partial charge on any atom is -0.372 e. The van der Waals surface area contributed by atoms with Gasteiger partial charge in [-0.1, -0.05) is 0 Å². The van der Waals surface area contributed by atoms with E-state index >= 15 is 0 Å². The van der Waals surface area contributed by atoms with Gasteiger partial charge in [-0.05, 0) is 27.7 Å². The number of amides is 2. The Morgan fingerprint density at radius 3 is 2.50 bits per heavy atom. The summed E-state index contributed by atoms with van der Waals surface area (Å²) in [6.45, 7) is 8.43. The number of carbonyl (C=O) groups excluding carboxylic acids is 2. The number of nitrogens with zero attached hydrogens (tertiary/aromatic N) is 3. The zero-order valence-corrected chi connectivity index (χ0v) is 15.3. The molecule has 0 radical (unpaired) electrons. The van der Waals surface area contributed by atoms with Gasteiger partial charge in [0.05, 0.1) is 29.6 Å². The smallest absolute Gasteiger partial charge is 0.244 e. The van der Waals surface area contributed by atoms with Crippen LogP contribution < -0.4 is 11.1 Å². The Bertz CT molecular complexity index is 574. The standard InChI is InChI=1S/C15H25N5O3.ClH/c1-10-6-19(7-11(2)23-10)13(21)9-20-8-12(5-17-20)18-14(22)15(3,4)16;/h5,8,10-11H,6-7,9,16H2,1-4H3,(H,18,22);1H. The normalized spacial score (nSPS) is 21.1. The van der Waals surface area contributed by atoms with Crippen LogP contribution in [0.2, 0.25) is 0 Å². The number of nitrogens with one attached hydrogen (secondary N) is 1. The molecular weight excluding hydrogens is 334 g/mol. The number of carbonyl (C=O) groups is 2. The minimum absolute atomic E-state index is 0. The Hall–Kier alpha value is -1.64. The number of hydrogen-bond acceptors (Lipinski definition) is 5. The zero-order chi connectivity index (χ0) is 17.2. The molecule has 8 nitrogen and oxygen atoms in total. The lowest BCUT2D eigenvalue weighted by Crippen LogP contribution is -2.49. The number of anilines is 1. The first kappa shape index (κ1) is 20.4. The van der Waals surface area contributed by atoms with E-state index in [-0.39, 0.29) is 43.0 Å². The van der Waals surface area contributed by atoms with Gasteiger partial charge in [0.15, 0.2) is 0 Å². The lowest BCUT2D eigenvalue weighted by molar-refractivity contribution is -0.144. The molecule has 0 spiro atoms. The van der Waals surface area contributed by atoms with Gasteiger partial charge >= 0.3 is 0 Å². The van der Waals surface area contributed by atoms with Crippen LogP contribution in [-0.2, 0) is 20.9 Å². The van der Waals surface area contributed by atoms with Crippen LogP contribution in [0.4, 0.5) is 5.69 Å². The molecule has 136 valence electrons. The van der Waals surface area contributed by atoms with E-state index in [0.717, 1.165) is 0 Å². The maximum Gasteiger partial charge on any atom is 0.244 e. The summed E-state index contributed by atoms with van der Waals surface area (Å²) in [5, 5.41) is 6.78. The van der Waals surface area contributed by atoms with Crippen LogP contribution in [0.5, 0.6) is 0 Å². The number of nitrogens with two attached hydrogens (primary N) is 1. The van der Waals surface area contributed by atoms with Gasteiger partial charge in [0.2, 0.25) is 11.8 Å². The second-order valence-electron chi connectivity index (χ2n) is 6.66. The van der Waals surface area contributed by atoms with Gasteiger partial charge in [-0.2, -0.15) is 5.10 Å². The average molecular weight is 360 g/mol. The van der Waals surface area contributed by atoms with Gasteiger partial charge in [0, 0.05) is 19.3 Å². The van der Waals surface area contributed by atoms with Crippen molar-refractivity contribution in [2.75, 3.05) is 18.4 Å². The van der Waals surface area contributed by atoms with Crippen molar-refractivity contribution in [2.24, 2.45) is 5.73 Å². The van der Waals surface area contributed by atoms with Crippen LogP contribution in [0.15, 0.2) is 12.4 Å². The molecule has 0 aliphatic carbocycles. The molecule has 1 aliphatic rings. The molecule has 2 atom stereocenters. The number of ether oxygens (including phenoxy) is 1. The van der Waals surface area contributed by atoms with E-state index in [1.165, 1.54) is 10.9 Å². The monoisotopic (exact) mass is 359 g/mol. The molecule has 1 aliphatic heterocycles. The molecule has 1 fully saturated rings. The highest BCUT2D eigenvalue weighted by Gasteiger charge is 2.26. The predicted molar refractivity (Wildman–Crippen MR) is 93.0 cm³/mol. The summed E-state index contributed by atoms with van der Waals surface area (Å²) in [7, 11) is 0. The van der Waals surface area contributed by atoms with Crippen molar-refractivity contribution in [3.05, 3.63) is 12.4 Å². The minimum atomic E-state index is -0.974. The van der Waals surface area contributed by atoms with Crippen LogP contribution in [-0.4, -0.2) is 57.3 Å². The SMILES string of the molecule is CC1CN(C(=O)Cn2cc(NC(=O)C(C)(C)N)cn2)CC(C)O1.Cl.